The topological polar surface area (TPSA) is 0 Å². The molecule has 0 bridgehead atoms. The summed E-state index contributed by atoms with van der Waals surface area (Å²) in [6.45, 7) is 5.90. The molecule has 1 rings (SSSR count). The van der Waals surface area contributed by atoms with Crippen molar-refractivity contribution in [2.24, 2.45) is 0 Å². The van der Waals surface area contributed by atoms with Crippen molar-refractivity contribution in [3.63, 3.8) is 0 Å². The Kier molecular flexibility index (Phi) is 31.9. The zero-order chi connectivity index (χ0) is 9.66. The lowest BCUT2D eigenvalue weighted by Crippen LogP contribution is -1.85. The fourth-order valence-corrected chi connectivity index (χ4v) is 1.06. The molecule has 13 heavy (non-hydrogen) atoms. The van der Waals surface area contributed by atoms with E-state index in [1.165, 1.54) is 44.9 Å². The summed E-state index contributed by atoms with van der Waals surface area (Å²) in [7, 11) is 0. The third kappa shape index (κ3) is 34.2. The Morgan fingerprint density at radius 2 is 1.00 bits per heavy atom. The average molecular weight is 184 g/mol. The molecule has 0 unspecified atom stereocenters. The summed E-state index contributed by atoms with van der Waals surface area (Å²) in [4.78, 5) is 0. The van der Waals surface area contributed by atoms with E-state index in [1.54, 1.807) is 6.92 Å². The van der Waals surface area contributed by atoms with Gasteiger partial charge in [-0.2, -0.15) is 0 Å². The SMILES string of the molecule is C.C#CC.C1CCCCC1.CCC. The van der Waals surface area contributed by atoms with Crippen LogP contribution in [0.15, 0.2) is 0 Å². The Hall–Kier alpha value is -0.440. The van der Waals surface area contributed by atoms with E-state index in [0.717, 1.165) is 0 Å². The van der Waals surface area contributed by atoms with E-state index < -0.39 is 0 Å². The van der Waals surface area contributed by atoms with Crippen molar-refractivity contribution in [3.05, 3.63) is 0 Å². The highest BCUT2D eigenvalue weighted by atomic mass is 14.0. The first-order valence-corrected chi connectivity index (χ1v) is 5.20. The van der Waals surface area contributed by atoms with Crippen molar-refractivity contribution >= 4 is 0 Å². The largest absolute Gasteiger partial charge is 0.120 e. The monoisotopic (exact) mass is 184 g/mol. The van der Waals surface area contributed by atoms with Crippen LogP contribution in [0.4, 0.5) is 0 Å². The molecule has 1 saturated carbocycles. The van der Waals surface area contributed by atoms with Gasteiger partial charge in [0.2, 0.25) is 0 Å². The first kappa shape index (κ1) is 18.4. The number of hydrogen-bond acceptors (Lipinski definition) is 0. The van der Waals surface area contributed by atoms with Crippen LogP contribution in [-0.2, 0) is 0 Å². The normalized spacial score (nSPS) is 13.1. The zero-order valence-corrected chi connectivity index (χ0v) is 9.03. The van der Waals surface area contributed by atoms with Crippen molar-refractivity contribution in [3.8, 4) is 12.3 Å². The van der Waals surface area contributed by atoms with Gasteiger partial charge in [0.1, 0.15) is 0 Å². The van der Waals surface area contributed by atoms with Crippen LogP contribution in [0.5, 0.6) is 0 Å². The van der Waals surface area contributed by atoms with Crippen molar-refractivity contribution in [2.45, 2.75) is 73.1 Å². The summed E-state index contributed by atoms with van der Waals surface area (Å²) < 4.78 is 0. The third-order valence-electron chi connectivity index (χ3n) is 1.50. The van der Waals surface area contributed by atoms with Crippen LogP contribution in [-0.4, -0.2) is 0 Å². The quantitative estimate of drug-likeness (QED) is 0.463. The molecule has 0 radical (unpaired) electrons. The van der Waals surface area contributed by atoms with Gasteiger partial charge in [0.15, 0.2) is 0 Å². The van der Waals surface area contributed by atoms with Gasteiger partial charge >= 0.3 is 0 Å². The van der Waals surface area contributed by atoms with Crippen LogP contribution in [0.25, 0.3) is 0 Å². The van der Waals surface area contributed by atoms with Crippen LogP contribution in [0, 0.1) is 12.3 Å². The van der Waals surface area contributed by atoms with E-state index in [2.05, 4.69) is 26.2 Å². The molecule has 0 aromatic carbocycles. The number of terminal acetylenes is 1. The highest BCUT2D eigenvalue weighted by Crippen LogP contribution is 2.15. The van der Waals surface area contributed by atoms with E-state index >= 15 is 0 Å². The van der Waals surface area contributed by atoms with Gasteiger partial charge in [-0.15, -0.1) is 12.3 Å². The summed E-state index contributed by atoms with van der Waals surface area (Å²) in [5.41, 5.74) is 0. The molecule has 0 aliphatic heterocycles. The molecule has 0 atom stereocenters. The fourth-order valence-electron chi connectivity index (χ4n) is 1.06. The maximum Gasteiger partial charge on any atom is -0.00297 e. The Balaban J connectivity index is -0.000000126. The molecule has 1 aliphatic carbocycles. The summed E-state index contributed by atoms with van der Waals surface area (Å²) >= 11 is 0. The molecule has 0 heterocycles. The minimum Gasteiger partial charge on any atom is -0.120 e. The Bertz CT molecular complexity index is 71.2. The highest BCUT2D eigenvalue weighted by molar-refractivity contribution is 4.73. The third-order valence-corrected chi connectivity index (χ3v) is 1.50. The predicted molar refractivity (Wildman–Crippen MR) is 64.9 cm³/mol. The molecule has 0 aromatic heterocycles. The molecule has 0 heteroatoms. The molecule has 0 amide bonds. The van der Waals surface area contributed by atoms with Gasteiger partial charge < -0.3 is 0 Å². The summed E-state index contributed by atoms with van der Waals surface area (Å²) in [6.07, 6.45) is 14.8. The average Bonchev–Trinajstić information content (AvgIpc) is 2.10. The summed E-state index contributed by atoms with van der Waals surface area (Å²) in [5, 5.41) is 0. The van der Waals surface area contributed by atoms with Gasteiger partial charge in [-0.05, 0) is 6.92 Å². The lowest BCUT2D eigenvalue weighted by atomic mass is 10.0. The van der Waals surface area contributed by atoms with Gasteiger partial charge in [-0.1, -0.05) is 66.2 Å². The van der Waals surface area contributed by atoms with Crippen LogP contribution < -0.4 is 0 Å². The second-order valence-corrected chi connectivity index (χ2v) is 3.12. The van der Waals surface area contributed by atoms with E-state index in [1.807, 2.05) is 0 Å². The Labute approximate surface area is 86.1 Å². The van der Waals surface area contributed by atoms with E-state index in [9.17, 15) is 0 Å². The highest BCUT2D eigenvalue weighted by Gasteiger charge is 1.95. The minimum atomic E-state index is 0. The molecule has 0 saturated heterocycles. The number of rotatable bonds is 0. The van der Waals surface area contributed by atoms with E-state index in [-0.39, 0.29) is 7.43 Å². The lowest BCUT2D eigenvalue weighted by Gasteiger charge is -2.05. The van der Waals surface area contributed by atoms with Crippen molar-refractivity contribution in [1.29, 1.82) is 0 Å². The summed E-state index contributed by atoms with van der Waals surface area (Å²) in [6, 6.07) is 0. The van der Waals surface area contributed by atoms with Crippen LogP contribution in [0.3, 0.4) is 0 Å². The van der Waals surface area contributed by atoms with Crippen molar-refractivity contribution in [1.82, 2.24) is 0 Å². The fraction of sp³-hybridized carbons (Fsp3) is 0.846. The molecule has 1 aliphatic rings. The Morgan fingerprint density at radius 1 is 0.923 bits per heavy atom. The van der Waals surface area contributed by atoms with E-state index in [0.29, 0.717) is 0 Å². The van der Waals surface area contributed by atoms with Gasteiger partial charge in [-0.25, -0.2) is 0 Å². The maximum absolute atomic E-state index is 4.60. The van der Waals surface area contributed by atoms with Crippen molar-refractivity contribution in [2.75, 3.05) is 0 Å². The molecule has 80 valence electrons. The molecule has 0 nitrogen and oxygen atoms in total. The zero-order valence-electron chi connectivity index (χ0n) is 9.03. The predicted octanol–water partition coefficient (Wildman–Crippen LogP) is 5.03. The van der Waals surface area contributed by atoms with Gasteiger partial charge in [0.25, 0.3) is 0 Å². The van der Waals surface area contributed by atoms with E-state index in [4.69, 9.17) is 0 Å². The van der Waals surface area contributed by atoms with Gasteiger partial charge in [0, 0.05) is 0 Å². The molecular formula is C13H28. The first-order chi connectivity index (χ1) is 5.83. The van der Waals surface area contributed by atoms with Crippen LogP contribution >= 0.6 is 0 Å². The second kappa shape index (κ2) is 22.6. The number of hydrogen-bond donors (Lipinski definition) is 0. The smallest absolute Gasteiger partial charge is 0.00297 e. The molecule has 0 aromatic rings. The lowest BCUT2D eigenvalue weighted by molar-refractivity contribution is 0.504. The van der Waals surface area contributed by atoms with Crippen molar-refractivity contribution < 1.29 is 0 Å². The second-order valence-electron chi connectivity index (χ2n) is 3.12. The van der Waals surface area contributed by atoms with Gasteiger partial charge in [0.05, 0.1) is 0 Å². The molecule has 1 fully saturated rings. The maximum atomic E-state index is 4.60. The standard InChI is InChI=1S/C6H12.C3H8.C3H4.CH4/c1-2-4-6-5-3-1;2*1-3-2;/h1-6H2;3H2,1-2H3;1H,2H3;1H4. The minimum absolute atomic E-state index is 0. The Morgan fingerprint density at radius 3 is 1.08 bits per heavy atom. The van der Waals surface area contributed by atoms with Gasteiger partial charge in [-0.3, -0.25) is 0 Å². The summed E-state index contributed by atoms with van der Waals surface area (Å²) in [5.74, 6) is 2.25. The van der Waals surface area contributed by atoms with Crippen LogP contribution in [0.1, 0.15) is 73.1 Å². The molecule has 0 N–H and O–H groups in total. The first-order valence-electron chi connectivity index (χ1n) is 5.20. The van der Waals surface area contributed by atoms with Crippen LogP contribution in [0.2, 0.25) is 0 Å². The molecular weight excluding hydrogens is 156 g/mol. The molecule has 0 spiro atoms.